The van der Waals surface area contributed by atoms with Crippen LogP contribution in [0.2, 0.25) is 0 Å². The van der Waals surface area contributed by atoms with Gasteiger partial charge in [0.25, 0.3) is 0 Å². The van der Waals surface area contributed by atoms with Crippen molar-refractivity contribution < 1.29 is 9.59 Å². The number of ketones is 1. The maximum absolute atomic E-state index is 11.7. The Morgan fingerprint density at radius 3 is 2.67 bits per heavy atom. The lowest BCUT2D eigenvalue weighted by Gasteiger charge is -2.47. The fourth-order valence-electron chi connectivity index (χ4n) is 5.27. The summed E-state index contributed by atoms with van der Waals surface area (Å²) in [7, 11) is 0. The smallest absolute Gasteiger partial charge is 0.156 e. The van der Waals surface area contributed by atoms with Gasteiger partial charge in [0.15, 0.2) is 5.78 Å². The Morgan fingerprint density at radius 1 is 1.21 bits per heavy atom. The van der Waals surface area contributed by atoms with Crippen LogP contribution < -0.4 is 0 Å². The first-order valence-corrected chi connectivity index (χ1v) is 9.61. The highest BCUT2D eigenvalue weighted by Crippen LogP contribution is 2.57. The summed E-state index contributed by atoms with van der Waals surface area (Å²) < 4.78 is 0. The van der Waals surface area contributed by atoms with Crippen molar-refractivity contribution in [1.29, 1.82) is 0 Å². The lowest BCUT2D eigenvalue weighted by Crippen LogP contribution is -2.38. The Morgan fingerprint density at radius 2 is 1.96 bits per heavy atom. The zero-order chi connectivity index (χ0) is 17.3. The fraction of sp³-hybridized carbons (Fsp3) is 0.636. The zero-order valence-corrected chi connectivity index (χ0v) is 15.3. The van der Waals surface area contributed by atoms with E-state index in [4.69, 9.17) is 0 Å². The van der Waals surface area contributed by atoms with Crippen LogP contribution in [-0.2, 0) is 9.59 Å². The summed E-state index contributed by atoms with van der Waals surface area (Å²) in [6.45, 7) is 6.64. The molecule has 2 unspecified atom stereocenters. The summed E-state index contributed by atoms with van der Waals surface area (Å²) in [5, 5.41) is 0. The van der Waals surface area contributed by atoms with Crippen molar-refractivity contribution in [3.63, 3.8) is 0 Å². The van der Waals surface area contributed by atoms with Gasteiger partial charge in [0, 0.05) is 12.8 Å². The van der Waals surface area contributed by atoms with Gasteiger partial charge in [0.1, 0.15) is 6.29 Å². The molecule has 0 N–H and O–H groups in total. The van der Waals surface area contributed by atoms with Crippen LogP contribution in [0.3, 0.4) is 0 Å². The second-order valence-corrected chi connectivity index (χ2v) is 8.12. The van der Waals surface area contributed by atoms with E-state index in [0.717, 1.165) is 31.0 Å². The summed E-state index contributed by atoms with van der Waals surface area (Å²) in [6.07, 6.45) is 15.2. The van der Waals surface area contributed by atoms with E-state index in [1.165, 1.54) is 31.3 Å². The molecule has 0 aromatic heterocycles. The zero-order valence-electron chi connectivity index (χ0n) is 15.3. The van der Waals surface area contributed by atoms with Crippen molar-refractivity contribution in [2.45, 2.75) is 65.7 Å². The van der Waals surface area contributed by atoms with Gasteiger partial charge in [-0.15, -0.1) is 0 Å². The molecule has 0 radical (unpaired) electrons. The molecular formula is C22H30O2. The number of aldehydes is 1. The van der Waals surface area contributed by atoms with E-state index in [2.05, 4.69) is 26.0 Å². The molecule has 0 spiro atoms. The van der Waals surface area contributed by atoms with Crippen molar-refractivity contribution in [3.05, 3.63) is 34.9 Å². The van der Waals surface area contributed by atoms with E-state index < -0.39 is 0 Å². The summed E-state index contributed by atoms with van der Waals surface area (Å²) >= 11 is 0. The molecule has 0 aliphatic heterocycles. The standard InChI is InChI=1S/C19H24O.C3H6O/c1-12-3-5-16-15(12)7-8-18-17(16)6-4-13-11-14(20)9-10-19(13,18)2;1-2-3-4/h4,6,11-12,15,18H,3,5,7-10H2,1-2H3;3H,2H2,1H3/t12-,15?,18?,19-;/m0./s1. The lowest BCUT2D eigenvalue weighted by molar-refractivity contribution is -0.116. The average Bonchev–Trinajstić information content (AvgIpc) is 2.97. The van der Waals surface area contributed by atoms with Crippen LogP contribution in [0.15, 0.2) is 34.9 Å². The first kappa shape index (κ1) is 17.4. The van der Waals surface area contributed by atoms with Gasteiger partial charge in [-0.2, -0.15) is 0 Å². The van der Waals surface area contributed by atoms with E-state index in [-0.39, 0.29) is 5.41 Å². The van der Waals surface area contributed by atoms with Crippen LogP contribution in [0.1, 0.15) is 65.7 Å². The van der Waals surface area contributed by atoms with E-state index in [9.17, 15) is 9.59 Å². The summed E-state index contributed by atoms with van der Waals surface area (Å²) in [5.74, 6) is 2.72. The van der Waals surface area contributed by atoms with Crippen LogP contribution in [0, 0.1) is 23.2 Å². The molecule has 0 saturated heterocycles. The van der Waals surface area contributed by atoms with Crippen molar-refractivity contribution in [2.75, 3.05) is 0 Å². The molecule has 4 rings (SSSR count). The van der Waals surface area contributed by atoms with Crippen LogP contribution in [0.4, 0.5) is 0 Å². The number of carbonyl (C=O) groups excluding carboxylic acids is 2. The first-order chi connectivity index (χ1) is 11.5. The number of allylic oxidation sites excluding steroid dienone is 6. The molecule has 2 heteroatoms. The third-order valence-electron chi connectivity index (χ3n) is 6.76. The molecule has 0 amide bonds. The van der Waals surface area contributed by atoms with Crippen LogP contribution in [0.25, 0.3) is 0 Å². The van der Waals surface area contributed by atoms with Gasteiger partial charge in [0.05, 0.1) is 0 Å². The molecule has 130 valence electrons. The fourth-order valence-corrected chi connectivity index (χ4v) is 5.27. The minimum atomic E-state index is 0.224. The van der Waals surface area contributed by atoms with Gasteiger partial charge in [-0.3, -0.25) is 4.79 Å². The minimum absolute atomic E-state index is 0.224. The maximum atomic E-state index is 11.7. The van der Waals surface area contributed by atoms with E-state index in [1.54, 1.807) is 11.1 Å². The monoisotopic (exact) mass is 326 g/mol. The summed E-state index contributed by atoms with van der Waals surface area (Å²) in [6, 6.07) is 0. The highest BCUT2D eigenvalue weighted by molar-refractivity contribution is 5.92. The van der Waals surface area contributed by atoms with Gasteiger partial charge in [0.2, 0.25) is 0 Å². The predicted octanol–water partition coefficient (Wildman–Crippen LogP) is 5.20. The molecule has 0 heterocycles. The third-order valence-corrected chi connectivity index (χ3v) is 6.76. The second-order valence-electron chi connectivity index (χ2n) is 8.12. The average molecular weight is 326 g/mol. The van der Waals surface area contributed by atoms with Crippen LogP contribution in [0.5, 0.6) is 0 Å². The van der Waals surface area contributed by atoms with Crippen LogP contribution in [-0.4, -0.2) is 12.1 Å². The second kappa shape index (κ2) is 6.82. The highest BCUT2D eigenvalue weighted by atomic mass is 16.1. The third kappa shape index (κ3) is 2.85. The predicted molar refractivity (Wildman–Crippen MR) is 97.6 cm³/mol. The molecule has 4 aliphatic carbocycles. The number of hydrogen-bond donors (Lipinski definition) is 0. The molecule has 1 saturated carbocycles. The number of hydrogen-bond acceptors (Lipinski definition) is 2. The molecular weight excluding hydrogens is 296 g/mol. The van der Waals surface area contributed by atoms with Crippen molar-refractivity contribution in [2.24, 2.45) is 23.2 Å². The number of fused-ring (bicyclic) bond motifs is 4. The lowest BCUT2D eigenvalue weighted by atomic mass is 9.56. The molecule has 24 heavy (non-hydrogen) atoms. The van der Waals surface area contributed by atoms with E-state index >= 15 is 0 Å². The van der Waals surface area contributed by atoms with E-state index in [1.807, 2.05) is 13.0 Å². The largest absolute Gasteiger partial charge is 0.303 e. The van der Waals surface area contributed by atoms with E-state index in [0.29, 0.717) is 18.1 Å². The Kier molecular flexibility index (Phi) is 4.94. The quantitative estimate of drug-likeness (QED) is 0.621. The summed E-state index contributed by atoms with van der Waals surface area (Å²) in [5.41, 5.74) is 4.94. The number of rotatable bonds is 1. The normalized spacial score (nSPS) is 36.9. The van der Waals surface area contributed by atoms with Gasteiger partial charge >= 0.3 is 0 Å². The Balaban J connectivity index is 0.000000383. The maximum Gasteiger partial charge on any atom is 0.156 e. The van der Waals surface area contributed by atoms with Gasteiger partial charge in [-0.05, 0) is 72.5 Å². The Hall–Kier alpha value is -1.44. The minimum Gasteiger partial charge on any atom is -0.303 e. The molecule has 0 aromatic carbocycles. The van der Waals surface area contributed by atoms with Crippen LogP contribution >= 0.6 is 0 Å². The van der Waals surface area contributed by atoms with Crippen molar-refractivity contribution in [3.8, 4) is 0 Å². The molecule has 4 aliphatic rings. The highest BCUT2D eigenvalue weighted by Gasteiger charge is 2.47. The number of carbonyl (C=O) groups is 2. The molecule has 4 atom stereocenters. The van der Waals surface area contributed by atoms with Crippen molar-refractivity contribution >= 4 is 12.1 Å². The van der Waals surface area contributed by atoms with Gasteiger partial charge in [-0.1, -0.05) is 38.5 Å². The Labute approximate surface area is 146 Å². The van der Waals surface area contributed by atoms with Gasteiger partial charge in [-0.25, -0.2) is 0 Å². The molecule has 0 bridgehead atoms. The molecule has 2 nitrogen and oxygen atoms in total. The SMILES string of the molecule is CCC=O.C[C@H]1CCC2=C3C=CC4=CC(=O)CC[C@]4(C)C3CCC21. The molecule has 1 fully saturated rings. The first-order valence-electron chi connectivity index (χ1n) is 9.61. The topological polar surface area (TPSA) is 34.1 Å². The molecule has 0 aromatic rings. The Bertz CT molecular complexity index is 622. The summed E-state index contributed by atoms with van der Waals surface area (Å²) in [4.78, 5) is 20.9. The van der Waals surface area contributed by atoms with Gasteiger partial charge < -0.3 is 4.79 Å². The van der Waals surface area contributed by atoms with Crippen molar-refractivity contribution in [1.82, 2.24) is 0 Å².